The SMILES string of the molecule is O=C(COc1ccccc1)Nc1ccc(N2CCC(Cc3ccccc3)CC2)c(C(=O)NCCN2CCOCC2)c1. The van der Waals surface area contributed by atoms with Crippen LogP contribution >= 0.6 is 0 Å². The summed E-state index contributed by atoms with van der Waals surface area (Å²) in [6.45, 7) is 6.23. The van der Waals surface area contributed by atoms with Crippen LogP contribution in [0.2, 0.25) is 0 Å². The lowest BCUT2D eigenvalue weighted by atomic mass is 9.89. The monoisotopic (exact) mass is 556 g/mol. The van der Waals surface area contributed by atoms with Crippen LogP contribution in [0.1, 0.15) is 28.8 Å². The lowest BCUT2D eigenvalue weighted by Gasteiger charge is -2.35. The number of hydrogen-bond acceptors (Lipinski definition) is 6. The van der Waals surface area contributed by atoms with E-state index in [1.165, 1.54) is 5.56 Å². The van der Waals surface area contributed by atoms with Crippen LogP contribution in [0.15, 0.2) is 78.9 Å². The Morgan fingerprint density at radius 3 is 2.32 bits per heavy atom. The Hall–Kier alpha value is -3.88. The van der Waals surface area contributed by atoms with Crippen molar-refractivity contribution in [3.05, 3.63) is 90.0 Å². The zero-order chi connectivity index (χ0) is 28.3. The van der Waals surface area contributed by atoms with E-state index in [0.29, 0.717) is 29.5 Å². The van der Waals surface area contributed by atoms with Crippen molar-refractivity contribution in [3.8, 4) is 5.75 Å². The van der Waals surface area contributed by atoms with Crippen molar-refractivity contribution in [2.45, 2.75) is 19.3 Å². The van der Waals surface area contributed by atoms with Gasteiger partial charge in [-0.2, -0.15) is 0 Å². The smallest absolute Gasteiger partial charge is 0.262 e. The van der Waals surface area contributed by atoms with E-state index < -0.39 is 0 Å². The molecule has 0 atom stereocenters. The lowest BCUT2D eigenvalue weighted by Crippen LogP contribution is -2.41. The number of carbonyl (C=O) groups excluding carboxylic acids is 2. The number of ether oxygens (including phenoxy) is 2. The number of carbonyl (C=O) groups is 2. The molecule has 41 heavy (non-hydrogen) atoms. The summed E-state index contributed by atoms with van der Waals surface area (Å²) < 4.78 is 11.0. The van der Waals surface area contributed by atoms with Crippen molar-refractivity contribution < 1.29 is 19.1 Å². The third-order valence-electron chi connectivity index (χ3n) is 7.78. The quantitative estimate of drug-likeness (QED) is 0.368. The van der Waals surface area contributed by atoms with E-state index in [4.69, 9.17) is 9.47 Å². The first-order valence-corrected chi connectivity index (χ1v) is 14.6. The van der Waals surface area contributed by atoms with Crippen molar-refractivity contribution in [3.63, 3.8) is 0 Å². The van der Waals surface area contributed by atoms with Crippen molar-refractivity contribution in [1.29, 1.82) is 0 Å². The molecular weight excluding hydrogens is 516 g/mol. The third-order valence-corrected chi connectivity index (χ3v) is 7.78. The van der Waals surface area contributed by atoms with Crippen LogP contribution < -0.4 is 20.3 Å². The average molecular weight is 557 g/mol. The van der Waals surface area contributed by atoms with Crippen LogP contribution in [0.3, 0.4) is 0 Å². The number of amides is 2. The summed E-state index contributed by atoms with van der Waals surface area (Å²) in [4.78, 5) is 30.7. The third kappa shape index (κ3) is 8.55. The largest absolute Gasteiger partial charge is 0.484 e. The standard InChI is InChI=1S/C33H40N4O4/c38-32(25-41-29-9-5-2-6-10-29)35-28-11-12-31(30(24-28)33(39)34-15-18-36-19-21-40-22-20-36)37-16-13-27(14-17-37)23-26-7-3-1-4-8-26/h1-12,24,27H,13-23,25H2,(H,34,39)(H,35,38). The second-order valence-corrected chi connectivity index (χ2v) is 10.7. The Bertz CT molecular complexity index is 1260. The number of piperidine rings is 1. The number of anilines is 2. The molecule has 2 aliphatic rings. The number of hydrogen-bond donors (Lipinski definition) is 2. The van der Waals surface area contributed by atoms with Crippen LogP contribution in [0.25, 0.3) is 0 Å². The average Bonchev–Trinajstić information content (AvgIpc) is 3.02. The molecule has 5 rings (SSSR count). The summed E-state index contributed by atoms with van der Waals surface area (Å²) in [5, 5.41) is 6.00. The van der Waals surface area contributed by atoms with Gasteiger partial charge in [0.2, 0.25) is 0 Å². The van der Waals surface area contributed by atoms with Crippen molar-refractivity contribution in [1.82, 2.24) is 10.2 Å². The van der Waals surface area contributed by atoms with Gasteiger partial charge in [0.15, 0.2) is 6.61 Å². The fourth-order valence-corrected chi connectivity index (χ4v) is 5.51. The number of nitrogens with zero attached hydrogens (tertiary/aromatic N) is 2. The summed E-state index contributed by atoms with van der Waals surface area (Å²) in [7, 11) is 0. The van der Waals surface area contributed by atoms with E-state index in [9.17, 15) is 9.59 Å². The fraction of sp³-hybridized carbons (Fsp3) is 0.394. The normalized spacial score (nSPS) is 16.2. The zero-order valence-corrected chi connectivity index (χ0v) is 23.6. The van der Waals surface area contributed by atoms with Gasteiger partial charge in [-0.3, -0.25) is 14.5 Å². The molecule has 2 saturated heterocycles. The molecule has 0 saturated carbocycles. The predicted octanol–water partition coefficient (Wildman–Crippen LogP) is 4.23. The predicted molar refractivity (Wildman–Crippen MR) is 162 cm³/mol. The Balaban J connectivity index is 1.23. The second-order valence-electron chi connectivity index (χ2n) is 10.7. The van der Waals surface area contributed by atoms with E-state index in [1.807, 2.05) is 42.5 Å². The Morgan fingerprint density at radius 2 is 1.59 bits per heavy atom. The van der Waals surface area contributed by atoms with Crippen LogP contribution in [0.4, 0.5) is 11.4 Å². The molecule has 0 radical (unpaired) electrons. The molecule has 0 unspecified atom stereocenters. The topological polar surface area (TPSA) is 83.1 Å². The minimum atomic E-state index is -0.276. The second kappa shape index (κ2) is 14.7. The van der Waals surface area contributed by atoms with E-state index in [1.54, 1.807) is 6.07 Å². The summed E-state index contributed by atoms with van der Waals surface area (Å²) >= 11 is 0. The molecule has 216 valence electrons. The number of morpholine rings is 1. The highest BCUT2D eigenvalue weighted by molar-refractivity contribution is 6.02. The van der Waals surface area contributed by atoms with Gasteiger partial charge < -0.3 is 25.0 Å². The van der Waals surface area contributed by atoms with E-state index in [-0.39, 0.29) is 18.4 Å². The summed E-state index contributed by atoms with van der Waals surface area (Å²) in [6, 6.07) is 25.5. The van der Waals surface area contributed by atoms with Gasteiger partial charge in [-0.25, -0.2) is 0 Å². The van der Waals surface area contributed by atoms with Gasteiger partial charge in [0.05, 0.1) is 18.8 Å². The van der Waals surface area contributed by atoms with Crippen molar-refractivity contribution in [2.75, 3.05) is 69.3 Å². The molecule has 0 spiro atoms. The fourth-order valence-electron chi connectivity index (χ4n) is 5.51. The van der Waals surface area contributed by atoms with Gasteiger partial charge in [-0.1, -0.05) is 48.5 Å². The zero-order valence-electron chi connectivity index (χ0n) is 23.6. The highest BCUT2D eigenvalue weighted by Gasteiger charge is 2.24. The molecule has 2 amide bonds. The molecule has 0 aromatic heterocycles. The first kappa shape index (κ1) is 28.6. The minimum Gasteiger partial charge on any atom is -0.484 e. The van der Waals surface area contributed by atoms with Crippen LogP contribution in [0.5, 0.6) is 5.75 Å². The van der Waals surface area contributed by atoms with E-state index in [2.05, 4.69) is 50.8 Å². The van der Waals surface area contributed by atoms with Crippen LogP contribution in [-0.4, -0.2) is 75.8 Å². The number of nitrogens with one attached hydrogen (secondary N) is 2. The van der Waals surface area contributed by atoms with Crippen molar-refractivity contribution in [2.24, 2.45) is 5.92 Å². The maximum absolute atomic E-state index is 13.5. The molecule has 2 fully saturated rings. The molecule has 0 aliphatic carbocycles. The summed E-state index contributed by atoms with van der Waals surface area (Å²) in [5.74, 6) is 0.856. The van der Waals surface area contributed by atoms with Gasteiger partial charge in [0.25, 0.3) is 11.8 Å². The molecular formula is C33H40N4O4. The summed E-state index contributed by atoms with van der Waals surface area (Å²) in [5.41, 5.74) is 3.44. The molecule has 8 heteroatoms. The maximum Gasteiger partial charge on any atom is 0.262 e. The maximum atomic E-state index is 13.5. The first-order chi connectivity index (χ1) is 20.1. The van der Waals surface area contributed by atoms with Gasteiger partial charge >= 0.3 is 0 Å². The molecule has 2 heterocycles. The number of rotatable bonds is 11. The molecule has 0 bridgehead atoms. The number of para-hydroxylation sites is 1. The van der Waals surface area contributed by atoms with Gasteiger partial charge in [-0.05, 0) is 61.1 Å². The van der Waals surface area contributed by atoms with Crippen LogP contribution in [-0.2, 0) is 16.0 Å². The Kier molecular flexibility index (Phi) is 10.2. The van der Waals surface area contributed by atoms with Gasteiger partial charge in [0, 0.05) is 50.6 Å². The molecule has 3 aromatic carbocycles. The van der Waals surface area contributed by atoms with E-state index in [0.717, 1.165) is 70.9 Å². The van der Waals surface area contributed by atoms with Gasteiger partial charge in [-0.15, -0.1) is 0 Å². The van der Waals surface area contributed by atoms with Gasteiger partial charge in [0.1, 0.15) is 5.75 Å². The lowest BCUT2D eigenvalue weighted by molar-refractivity contribution is -0.118. The minimum absolute atomic E-state index is 0.109. The first-order valence-electron chi connectivity index (χ1n) is 14.6. The Morgan fingerprint density at radius 1 is 0.878 bits per heavy atom. The number of benzene rings is 3. The molecule has 3 aromatic rings. The van der Waals surface area contributed by atoms with E-state index >= 15 is 0 Å². The van der Waals surface area contributed by atoms with Crippen molar-refractivity contribution >= 4 is 23.2 Å². The Labute approximate surface area is 242 Å². The summed E-state index contributed by atoms with van der Waals surface area (Å²) in [6.07, 6.45) is 3.23. The molecule has 8 nitrogen and oxygen atoms in total. The molecule has 2 N–H and O–H groups in total. The highest BCUT2D eigenvalue weighted by Crippen LogP contribution is 2.30. The molecule has 2 aliphatic heterocycles. The highest BCUT2D eigenvalue weighted by atomic mass is 16.5. The van der Waals surface area contributed by atoms with Crippen LogP contribution in [0, 0.1) is 5.92 Å².